The Balaban J connectivity index is 2.24. The van der Waals surface area contributed by atoms with Crippen molar-refractivity contribution < 1.29 is 14.3 Å². The van der Waals surface area contributed by atoms with Gasteiger partial charge in [0, 0.05) is 0 Å². The van der Waals surface area contributed by atoms with Crippen LogP contribution in [0.5, 0.6) is 0 Å². The number of hydrogen-bond donors (Lipinski definition) is 0. The van der Waals surface area contributed by atoms with Crippen LogP contribution in [0.2, 0.25) is 0 Å². The molecule has 0 unspecified atom stereocenters. The number of benzene rings is 1. The number of fused-ring (bicyclic) bond motifs is 1. The number of aromatic nitrogens is 2. The van der Waals surface area contributed by atoms with Crippen molar-refractivity contribution in [2.45, 2.75) is 19.9 Å². The van der Waals surface area contributed by atoms with Gasteiger partial charge in [0.15, 0.2) is 5.78 Å². The second kappa shape index (κ2) is 5.00. The summed E-state index contributed by atoms with van der Waals surface area (Å²) in [6.45, 7) is 1.98. The third-order valence-electron chi connectivity index (χ3n) is 2.75. The molecule has 0 saturated carbocycles. The molecule has 0 bridgehead atoms. The Kier molecular flexibility index (Phi) is 3.41. The number of carbonyl (C=O) groups is 2. The highest BCUT2D eigenvalue weighted by Gasteiger charge is 2.13. The van der Waals surface area contributed by atoms with Crippen LogP contribution in [0.15, 0.2) is 24.3 Å². The van der Waals surface area contributed by atoms with Gasteiger partial charge in [0.05, 0.1) is 24.7 Å². The molecule has 94 valence electrons. The van der Waals surface area contributed by atoms with Crippen LogP contribution in [0.4, 0.5) is 0 Å². The molecule has 2 rings (SSSR count). The number of rotatable bonds is 4. The molecule has 1 aromatic carbocycles. The Bertz CT molecular complexity index is 601. The molecule has 0 atom stereocenters. The summed E-state index contributed by atoms with van der Waals surface area (Å²) in [5, 5.41) is 0. The highest BCUT2D eigenvalue weighted by atomic mass is 16.5. The molecule has 0 fully saturated rings. The van der Waals surface area contributed by atoms with E-state index in [1.54, 1.807) is 4.57 Å². The van der Waals surface area contributed by atoms with Gasteiger partial charge in [-0.1, -0.05) is 12.1 Å². The lowest BCUT2D eigenvalue weighted by Crippen LogP contribution is -2.16. The zero-order valence-corrected chi connectivity index (χ0v) is 10.3. The number of esters is 1. The minimum Gasteiger partial charge on any atom is -0.469 e. The van der Waals surface area contributed by atoms with E-state index in [4.69, 9.17) is 0 Å². The molecular formula is C13H14N2O3. The molecule has 0 N–H and O–H groups in total. The normalized spacial score (nSPS) is 10.6. The minimum absolute atomic E-state index is 0.140. The van der Waals surface area contributed by atoms with Crippen molar-refractivity contribution in [2.24, 2.45) is 0 Å². The lowest BCUT2D eigenvalue weighted by molar-refractivity contribution is -0.143. The molecule has 1 heterocycles. The second-order valence-corrected chi connectivity index (χ2v) is 4.03. The molecule has 18 heavy (non-hydrogen) atoms. The quantitative estimate of drug-likeness (QED) is 0.605. The molecule has 0 saturated heterocycles. The van der Waals surface area contributed by atoms with Gasteiger partial charge in [0.2, 0.25) is 0 Å². The molecule has 0 aliphatic heterocycles. The number of methoxy groups -OCH3 is 1. The standard InChI is InChI=1S/C13H14N2O3/c1-9-14-11-5-3-4-6-12(11)15(9)8-10(16)7-13(17)18-2/h3-6H,7-8H2,1-2H3. The Hall–Kier alpha value is -2.17. The van der Waals surface area contributed by atoms with Crippen LogP contribution in [0.3, 0.4) is 0 Å². The van der Waals surface area contributed by atoms with E-state index in [1.807, 2.05) is 31.2 Å². The van der Waals surface area contributed by atoms with Gasteiger partial charge in [0.25, 0.3) is 0 Å². The van der Waals surface area contributed by atoms with Gasteiger partial charge < -0.3 is 9.30 Å². The van der Waals surface area contributed by atoms with Crippen LogP contribution in [-0.2, 0) is 20.9 Å². The van der Waals surface area contributed by atoms with Gasteiger partial charge in [-0.25, -0.2) is 4.98 Å². The number of carbonyl (C=O) groups excluding carboxylic acids is 2. The average molecular weight is 246 g/mol. The number of Topliss-reactive ketones (excluding diaryl/α,β-unsaturated/α-hetero) is 1. The van der Waals surface area contributed by atoms with Crippen LogP contribution < -0.4 is 0 Å². The van der Waals surface area contributed by atoms with E-state index in [0.29, 0.717) is 0 Å². The highest BCUT2D eigenvalue weighted by Crippen LogP contribution is 2.15. The fourth-order valence-electron chi connectivity index (χ4n) is 1.86. The number of ketones is 1. The second-order valence-electron chi connectivity index (χ2n) is 4.03. The lowest BCUT2D eigenvalue weighted by atomic mass is 10.2. The summed E-state index contributed by atoms with van der Waals surface area (Å²) in [6.07, 6.45) is -0.206. The topological polar surface area (TPSA) is 61.2 Å². The lowest BCUT2D eigenvalue weighted by Gasteiger charge is -2.05. The summed E-state index contributed by atoms with van der Waals surface area (Å²) < 4.78 is 6.28. The number of hydrogen-bond acceptors (Lipinski definition) is 4. The smallest absolute Gasteiger partial charge is 0.313 e. The molecule has 0 amide bonds. The fourth-order valence-corrected chi connectivity index (χ4v) is 1.86. The molecule has 2 aromatic rings. The Morgan fingerprint density at radius 2 is 2.06 bits per heavy atom. The van der Waals surface area contributed by atoms with Crippen molar-refractivity contribution in [3.8, 4) is 0 Å². The Labute approximate surface area is 104 Å². The maximum atomic E-state index is 11.7. The van der Waals surface area contributed by atoms with Crippen LogP contribution in [0.25, 0.3) is 11.0 Å². The van der Waals surface area contributed by atoms with E-state index < -0.39 is 5.97 Å². The van der Waals surface area contributed by atoms with Gasteiger partial charge in [-0.15, -0.1) is 0 Å². The predicted molar refractivity (Wildman–Crippen MR) is 66.1 cm³/mol. The van der Waals surface area contributed by atoms with E-state index in [2.05, 4.69) is 9.72 Å². The zero-order chi connectivity index (χ0) is 13.1. The zero-order valence-electron chi connectivity index (χ0n) is 10.3. The first-order valence-electron chi connectivity index (χ1n) is 5.62. The largest absolute Gasteiger partial charge is 0.469 e. The van der Waals surface area contributed by atoms with Gasteiger partial charge >= 0.3 is 5.97 Å². The van der Waals surface area contributed by atoms with Crippen LogP contribution in [0, 0.1) is 6.92 Å². The van der Waals surface area contributed by atoms with Crippen molar-refractivity contribution in [3.05, 3.63) is 30.1 Å². The first kappa shape index (κ1) is 12.3. The summed E-state index contributed by atoms with van der Waals surface area (Å²) in [7, 11) is 1.27. The summed E-state index contributed by atoms with van der Waals surface area (Å²) in [5.74, 6) is 0.0598. The average Bonchev–Trinajstić information content (AvgIpc) is 2.66. The summed E-state index contributed by atoms with van der Waals surface area (Å²) in [4.78, 5) is 27.1. The SMILES string of the molecule is COC(=O)CC(=O)Cn1c(C)nc2ccccc21. The van der Waals surface area contributed by atoms with E-state index in [0.717, 1.165) is 16.9 Å². The molecule has 5 nitrogen and oxygen atoms in total. The number of para-hydroxylation sites is 2. The molecule has 0 spiro atoms. The van der Waals surface area contributed by atoms with Crippen molar-refractivity contribution in [1.82, 2.24) is 9.55 Å². The fraction of sp³-hybridized carbons (Fsp3) is 0.308. The summed E-state index contributed by atoms with van der Waals surface area (Å²) >= 11 is 0. The van der Waals surface area contributed by atoms with Gasteiger partial charge in [-0.05, 0) is 19.1 Å². The van der Waals surface area contributed by atoms with Crippen molar-refractivity contribution in [1.29, 1.82) is 0 Å². The molecule has 1 aromatic heterocycles. The summed E-state index contributed by atoms with van der Waals surface area (Å²) in [6, 6.07) is 7.59. The van der Waals surface area contributed by atoms with Crippen LogP contribution >= 0.6 is 0 Å². The van der Waals surface area contributed by atoms with Crippen LogP contribution in [0.1, 0.15) is 12.2 Å². The maximum absolute atomic E-state index is 11.7. The van der Waals surface area contributed by atoms with E-state index >= 15 is 0 Å². The Morgan fingerprint density at radius 1 is 1.33 bits per heavy atom. The van der Waals surface area contributed by atoms with E-state index in [1.165, 1.54) is 7.11 Å². The highest BCUT2D eigenvalue weighted by molar-refractivity contribution is 5.96. The predicted octanol–water partition coefficient (Wildman–Crippen LogP) is 1.48. The third-order valence-corrected chi connectivity index (χ3v) is 2.75. The van der Waals surface area contributed by atoms with Crippen molar-refractivity contribution in [2.75, 3.05) is 7.11 Å². The number of aryl methyl sites for hydroxylation is 1. The molecule has 0 radical (unpaired) electrons. The van der Waals surface area contributed by atoms with Crippen LogP contribution in [-0.4, -0.2) is 28.4 Å². The number of imidazole rings is 1. The van der Waals surface area contributed by atoms with E-state index in [9.17, 15) is 9.59 Å². The van der Waals surface area contributed by atoms with Gasteiger partial charge in [-0.2, -0.15) is 0 Å². The molecule has 5 heteroatoms. The molecule has 0 aliphatic carbocycles. The van der Waals surface area contributed by atoms with Crippen molar-refractivity contribution in [3.63, 3.8) is 0 Å². The Morgan fingerprint density at radius 3 is 2.78 bits per heavy atom. The molecular weight excluding hydrogens is 232 g/mol. The van der Waals surface area contributed by atoms with E-state index in [-0.39, 0.29) is 18.7 Å². The maximum Gasteiger partial charge on any atom is 0.313 e. The number of nitrogens with zero attached hydrogens (tertiary/aromatic N) is 2. The number of ether oxygens (including phenoxy) is 1. The first-order valence-corrected chi connectivity index (χ1v) is 5.62. The third kappa shape index (κ3) is 2.40. The molecule has 0 aliphatic rings. The monoisotopic (exact) mass is 246 g/mol. The summed E-state index contributed by atoms with van der Waals surface area (Å²) in [5.41, 5.74) is 1.74. The minimum atomic E-state index is -0.512. The van der Waals surface area contributed by atoms with Crippen molar-refractivity contribution >= 4 is 22.8 Å². The van der Waals surface area contributed by atoms with Gasteiger partial charge in [-0.3, -0.25) is 9.59 Å². The van der Waals surface area contributed by atoms with Gasteiger partial charge in [0.1, 0.15) is 12.2 Å². The first-order chi connectivity index (χ1) is 8.61.